The highest BCUT2D eigenvalue weighted by Gasteiger charge is 2.17. The van der Waals surface area contributed by atoms with Gasteiger partial charge in [0.15, 0.2) is 6.10 Å². The van der Waals surface area contributed by atoms with Crippen LogP contribution in [0.1, 0.15) is 20.8 Å². The van der Waals surface area contributed by atoms with E-state index in [1.54, 1.807) is 43.4 Å². The van der Waals surface area contributed by atoms with Crippen molar-refractivity contribution < 1.29 is 28.6 Å². The van der Waals surface area contributed by atoms with Gasteiger partial charge < -0.3 is 14.2 Å². The molecular weight excluding hydrogens is 348 g/mol. The molecule has 0 atom stereocenters. The van der Waals surface area contributed by atoms with Gasteiger partial charge in [-0.2, -0.15) is 0 Å². The standard InChI is InChI=1S/C21H26O6/c1-4-7-10-13-19(22)25-16-18(27-21(24)15-12-9-6-3)17-26-20(23)14-11-8-5-2/h4-15,18H,16-17H2,1-3H3. The zero-order valence-corrected chi connectivity index (χ0v) is 15.9. The van der Waals surface area contributed by atoms with E-state index >= 15 is 0 Å². The fraction of sp³-hybridized carbons (Fsp3) is 0.286. The zero-order chi connectivity index (χ0) is 20.3. The lowest BCUT2D eigenvalue weighted by Gasteiger charge is -2.16. The van der Waals surface area contributed by atoms with Gasteiger partial charge in [0.25, 0.3) is 0 Å². The van der Waals surface area contributed by atoms with E-state index in [-0.39, 0.29) is 13.2 Å². The lowest BCUT2D eigenvalue weighted by atomic mass is 10.4. The monoisotopic (exact) mass is 374 g/mol. The summed E-state index contributed by atoms with van der Waals surface area (Å²) < 4.78 is 15.2. The zero-order valence-electron chi connectivity index (χ0n) is 15.9. The van der Waals surface area contributed by atoms with E-state index in [1.165, 1.54) is 36.5 Å². The number of carbonyl (C=O) groups excluding carboxylic acids is 3. The molecule has 0 saturated carbocycles. The lowest BCUT2D eigenvalue weighted by molar-refractivity contribution is -0.160. The molecule has 0 aliphatic carbocycles. The largest absolute Gasteiger partial charge is 0.458 e. The van der Waals surface area contributed by atoms with Crippen molar-refractivity contribution in [3.8, 4) is 0 Å². The molecule has 0 radical (unpaired) electrons. The Morgan fingerprint density at radius 2 is 1.00 bits per heavy atom. The minimum atomic E-state index is -0.925. The van der Waals surface area contributed by atoms with Crippen molar-refractivity contribution in [2.45, 2.75) is 26.9 Å². The summed E-state index contributed by atoms with van der Waals surface area (Å²) in [5.74, 6) is -1.84. The first kappa shape index (κ1) is 23.9. The highest BCUT2D eigenvalue weighted by atomic mass is 16.6. The van der Waals surface area contributed by atoms with Gasteiger partial charge in [-0.15, -0.1) is 0 Å². The second kappa shape index (κ2) is 16.3. The molecule has 0 aromatic carbocycles. The molecule has 0 N–H and O–H groups in total. The smallest absolute Gasteiger partial charge is 0.331 e. The summed E-state index contributed by atoms with van der Waals surface area (Å²) in [5, 5.41) is 0. The molecular formula is C21H26O6. The van der Waals surface area contributed by atoms with Gasteiger partial charge in [0, 0.05) is 18.2 Å². The number of ether oxygens (including phenoxy) is 3. The summed E-state index contributed by atoms with van der Waals surface area (Å²) in [7, 11) is 0. The summed E-state index contributed by atoms with van der Waals surface area (Å²) >= 11 is 0. The van der Waals surface area contributed by atoms with Gasteiger partial charge in [0.05, 0.1) is 0 Å². The number of hydrogen-bond acceptors (Lipinski definition) is 6. The maximum atomic E-state index is 11.8. The van der Waals surface area contributed by atoms with Crippen LogP contribution in [0.5, 0.6) is 0 Å². The molecule has 27 heavy (non-hydrogen) atoms. The van der Waals surface area contributed by atoms with Crippen LogP contribution in [0.25, 0.3) is 0 Å². The molecule has 6 heteroatoms. The Bertz CT molecular complexity index is 597. The molecule has 6 nitrogen and oxygen atoms in total. The fourth-order valence-corrected chi connectivity index (χ4v) is 1.50. The lowest BCUT2D eigenvalue weighted by Crippen LogP contribution is -2.29. The van der Waals surface area contributed by atoms with Crippen molar-refractivity contribution in [1.82, 2.24) is 0 Å². The van der Waals surface area contributed by atoms with Crippen LogP contribution in [0.15, 0.2) is 72.9 Å². The molecule has 0 spiro atoms. The fourth-order valence-electron chi connectivity index (χ4n) is 1.50. The minimum absolute atomic E-state index is 0.242. The predicted molar refractivity (Wildman–Crippen MR) is 104 cm³/mol. The van der Waals surface area contributed by atoms with Crippen molar-refractivity contribution in [3.63, 3.8) is 0 Å². The van der Waals surface area contributed by atoms with E-state index in [2.05, 4.69) is 0 Å². The highest BCUT2D eigenvalue weighted by molar-refractivity contribution is 5.83. The average Bonchev–Trinajstić information content (AvgIpc) is 2.64. The van der Waals surface area contributed by atoms with E-state index in [4.69, 9.17) is 14.2 Å². The van der Waals surface area contributed by atoms with Gasteiger partial charge in [-0.1, -0.05) is 54.7 Å². The van der Waals surface area contributed by atoms with Crippen LogP contribution < -0.4 is 0 Å². The Balaban J connectivity index is 4.75. The molecule has 0 amide bonds. The third kappa shape index (κ3) is 14.9. The molecule has 146 valence electrons. The summed E-state index contributed by atoms with van der Waals surface area (Å²) in [6.07, 6.45) is 17.6. The molecule has 0 fully saturated rings. The van der Waals surface area contributed by atoms with E-state index in [0.717, 1.165) is 0 Å². The van der Waals surface area contributed by atoms with Crippen molar-refractivity contribution >= 4 is 17.9 Å². The Hall–Kier alpha value is -3.15. The first-order valence-electron chi connectivity index (χ1n) is 8.45. The predicted octanol–water partition coefficient (Wildman–Crippen LogP) is 3.38. The van der Waals surface area contributed by atoms with Crippen LogP contribution in [0, 0.1) is 0 Å². The maximum Gasteiger partial charge on any atom is 0.331 e. The van der Waals surface area contributed by atoms with E-state index < -0.39 is 24.0 Å². The number of allylic oxidation sites excluding steroid dienone is 9. The van der Waals surface area contributed by atoms with Crippen LogP contribution in [-0.4, -0.2) is 37.2 Å². The van der Waals surface area contributed by atoms with Gasteiger partial charge in [0.2, 0.25) is 0 Å². The van der Waals surface area contributed by atoms with Crippen molar-refractivity contribution in [3.05, 3.63) is 72.9 Å². The Labute approximate surface area is 160 Å². The third-order valence-corrected chi connectivity index (χ3v) is 2.71. The van der Waals surface area contributed by atoms with Crippen LogP contribution in [-0.2, 0) is 28.6 Å². The third-order valence-electron chi connectivity index (χ3n) is 2.71. The number of hydrogen-bond donors (Lipinski definition) is 0. The van der Waals surface area contributed by atoms with Crippen LogP contribution in [0.4, 0.5) is 0 Å². The maximum absolute atomic E-state index is 11.8. The SMILES string of the molecule is CC=CC=CC(=O)OCC(COC(=O)C=CC=CC)OC(=O)C=CC=CC. The second-order valence-electron chi connectivity index (χ2n) is 4.97. The van der Waals surface area contributed by atoms with Gasteiger partial charge in [-0.3, -0.25) is 0 Å². The van der Waals surface area contributed by atoms with Gasteiger partial charge in [-0.25, -0.2) is 14.4 Å². The molecule has 0 aliphatic heterocycles. The quantitative estimate of drug-likeness (QED) is 0.239. The van der Waals surface area contributed by atoms with E-state index in [1.807, 2.05) is 13.8 Å². The topological polar surface area (TPSA) is 78.9 Å². The number of carbonyl (C=O) groups is 3. The summed E-state index contributed by atoms with van der Waals surface area (Å²) in [6.45, 7) is 4.94. The van der Waals surface area contributed by atoms with Gasteiger partial charge in [0.1, 0.15) is 13.2 Å². The highest BCUT2D eigenvalue weighted by Crippen LogP contribution is 2.00. The Morgan fingerprint density at radius 1 is 0.630 bits per heavy atom. The van der Waals surface area contributed by atoms with E-state index in [0.29, 0.717) is 0 Å². The molecule has 0 saturated heterocycles. The van der Waals surface area contributed by atoms with Crippen molar-refractivity contribution in [2.24, 2.45) is 0 Å². The van der Waals surface area contributed by atoms with Crippen molar-refractivity contribution in [2.75, 3.05) is 13.2 Å². The Kier molecular flexibility index (Phi) is 14.4. The first-order chi connectivity index (χ1) is 13.0. The average molecular weight is 374 g/mol. The molecule has 0 heterocycles. The summed E-state index contributed by atoms with van der Waals surface area (Å²) in [5.41, 5.74) is 0. The van der Waals surface area contributed by atoms with Crippen LogP contribution in [0.2, 0.25) is 0 Å². The van der Waals surface area contributed by atoms with Crippen molar-refractivity contribution in [1.29, 1.82) is 0 Å². The van der Waals surface area contributed by atoms with Crippen LogP contribution >= 0.6 is 0 Å². The number of rotatable bonds is 11. The Morgan fingerprint density at radius 3 is 1.37 bits per heavy atom. The molecule has 0 rings (SSSR count). The molecule has 0 unspecified atom stereocenters. The molecule has 0 aromatic heterocycles. The summed E-state index contributed by atoms with van der Waals surface area (Å²) in [6, 6.07) is 0. The normalized spacial score (nSPS) is 13.4. The van der Waals surface area contributed by atoms with Gasteiger partial charge in [-0.05, 0) is 20.8 Å². The van der Waals surface area contributed by atoms with Gasteiger partial charge >= 0.3 is 17.9 Å². The first-order valence-corrected chi connectivity index (χ1v) is 8.45. The van der Waals surface area contributed by atoms with Crippen LogP contribution in [0.3, 0.4) is 0 Å². The van der Waals surface area contributed by atoms with E-state index in [9.17, 15) is 14.4 Å². The number of esters is 3. The minimum Gasteiger partial charge on any atom is -0.458 e. The second-order valence-corrected chi connectivity index (χ2v) is 4.97. The molecule has 0 bridgehead atoms. The molecule has 0 aromatic rings. The molecule has 0 aliphatic rings. The summed E-state index contributed by atoms with van der Waals surface area (Å²) in [4.78, 5) is 35.0.